The van der Waals surface area contributed by atoms with E-state index in [1.54, 1.807) is 54.4 Å². The molecule has 0 unspecified atom stereocenters. The van der Waals surface area contributed by atoms with Crippen LogP contribution in [0.5, 0.6) is 5.75 Å². The van der Waals surface area contributed by atoms with Gasteiger partial charge in [-0.1, -0.05) is 6.07 Å². The number of nitrogens with one attached hydrogen (secondary N) is 1. The molecule has 158 valence electrons. The van der Waals surface area contributed by atoms with Crippen molar-refractivity contribution in [1.82, 2.24) is 15.1 Å². The summed E-state index contributed by atoms with van der Waals surface area (Å²) in [4.78, 5) is 12.5. The quantitative estimate of drug-likeness (QED) is 0.529. The number of hydrogen-bond acceptors (Lipinski definition) is 5. The topological polar surface area (TPSA) is 93.5 Å². The molecule has 1 aromatic heterocycles. The fraction of sp³-hybridized carbons (Fsp3) is 0.238. The highest BCUT2D eigenvalue weighted by Crippen LogP contribution is 2.24. The second kappa shape index (κ2) is 9.45. The molecule has 0 saturated heterocycles. The van der Waals surface area contributed by atoms with Crippen molar-refractivity contribution in [1.29, 1.82) is 0 Å². The number of nitrogens with zero attached hydrogens (tertiary/aromatic N) is 3. The van der Waals surface area contributed by atoms with Crippen LogP contribution in [0.2, 0.25) is 0 Å². The smallest absolute Gasteiger partial charge is 0.264 e. The van der Waals surface area contributed by atoms with E-state index in [9.17, 15) is 13.2 Å². The van der Waals surface area contributed by atoms with Crippen molar-refractivity contribution in [3.05, 3.63) is 72.6 Å². The number of carbonyl (C=O) groups excluding carboxylic acids is 1. The first kappa shape index (κ1) is 21.4. The van der Waals surface area contributed by atoms with Crippen LogP contribution < -0.4 is 14.4 Å². The first-order valence-electron chi connectivity index (χ1n) is 9.40. The number of anilines is 1. The van der Waals surface area contributed by atoms with E-state index in [0.29, 0.717) is 36.5 Å². The van der Waals surface area contributed by atoms with Crippen LogP contribution in [0.3, 0.4) is 0 Å². The summed E-state index contributed by atoms with van der Waals surface area (Å²) in [5, 5.41) is 6.92. The summed E-state index contributed by atoms with van der Waals surface area (Å²) in [6.45, 7) is 1.15. The molecule has 3 rings (SSSR count). The first-order chi connectivity index (χ1) is 14.4. The normalized spacial score (nSPS) is 11.1. The van der Waals surface area contributed by atoms with Gasteiger partial charge in [0.25, 0.3) is 15.9 Å². The SMILES string of the molecule is COc1ccc(N(C)S(=O)(=O)c2cccc(C(=O)NCCCn3cccn3)c2)cc1. The van der Waals surface area contributed by atoms with Crippen molar-refractivity contribution in [2.75, 3.05) is 25.0 Å². The van der Waals surface area contributed by atoms with Gasteiger partial charge in [0, 0.05) is 38.1 Å². The largest absolute Gasteiger partial charge is 0.497 e. The second-order valence-electron chi connectivity index (χ2n) is 6.58. The van der Waals surface area contributed by atoms with E-state index in [-0.39, 0.29) is 10.8 Å². The summed E-state index contributed by atoms with van der Waals surface area (Å²) >= 11 is 0. The zero-order chi connectivity index (χ0) is 21.6. The van der Waals surface area contributed by atoms with Crippen LogP contribution in [0.15, 0.2) is 71.9 Å². The zero-order valence-corrected chi connectivity index (χ0v) is 17.7. The van der Waals surface area contributed by atoms with Gasteiger partial charge in [-0.05, 0) is 55.0 Å². The highest BCUT2D eigenvalue weighted by molar-refractivity contribution is 7.92. The van der Waals surface area contributed by atoms with Crippen LogP contribution in [0, 0.1) is 0 Å². The van der Waals surface area contributed by atoms with Crippen molar-refractivity contribution in [3.8, 4) is 5.75 Å². The highest BCUT2D eigenvalue weighted by atomic mass is 32.2. The maximum Gasteiger partial charge on any atom is 0.264 e. The molecule has 2 aromatic carbocycles. The second-order valence-corrected chi connectivity index (χ2v) is 8.55. The Morgan fingerprint density at radius 1 is 1.17 bits per heavy atom. The number of rotatable bonds is 9. The van der Waals surface area contributed by atoms with Crippen molar-refractivity contribution >= 4 is 21.6 Å². The Hall–Kier alpha value is -3.33. The number of aromatic nitrogens is 2. The monoisotopic (exact) mass is 428 g/mol. The molecule has 0 radical (unpaired) electrons. The van der Waals surface area contributed by atoms with Crippen LogP contribution in [-0.2, 0) is 16.6 Å². The average molecular weight is 429 g/mol. The van der Waals surface area contributed by atoms with Gasteiger partial charge in [-0.3, -0.25) is 13.8 Å². The summed E-state index contributed by atoms with van der Waals surface area (Å²) in [5.74, 6) is 0.315. The van der Waals surface area contributed by atoms with E-state index < -0.39 is 10.0 Å². The Bertz CT molecular complexity index is 1080. The maximum absolute atomic E-state index is 13.0. The Balaban J connectivity index is 1.67. The molecule has 30 heavy (non-hydrogen) atoms. The number of amides is 1. The number of aryl methyl sites for hydroxylation is 1. The predicted molar refractivity (Wildman–Crippen MR) is 114 cm³/mol. The molecular weight excluding hydrogens is 404 g/mol. The van der Waals surface area contributed by atoms with Gasteiger partial charge in [0.2, 0.25) is 0 Å². The average Bonchev–Trinajstić information content (AvgIpc) is 3.29. The molecule has 0 aliphatic rings. The van der Waals surface area contributed by atoms with Gasteiger partial charge in [-0.25, -0.2) is 8.42 Å². The minimum Gasteiger partial charge on any atom is -0.497 e. The predicted octanol–water partition coefficient (Wildman–Crippen LogP) is 2.54. The lowest BCUT2D eigenvalue weighted by atomic mass is 10.2. The molecule has 0 aliphatic heterocycles. The summed E-state index contributed by atoms with van der Waals surface area (Å²) < 4.78 is 34.1. The van der Waals surface area contributed by atoms with E-state index in [4.69, 9.17) is 4.74 Å². The number of ether oxygens (including phenoxy) is 1. The van der Waals surface area contributed by atoms with Gasteiger partial charge in [0.15, 0.2) is 0 Å². The van der Waals surface area contributed by atoms with Gasteiger partial charge in [0.05, 0.1) is 17.7 Å². The lowest BCUT2D eigenvalue weighted by Crippen LogP contribution is -2.28. The highest BCUT2D eigenvalue weighted by Gasteiger charge is 2.22. The number of sulfonamides is 1. The van der Waals surface area contributed by atoms with Crippen LogP contribution in [0.1, 0.15) is 16.8 Å². The summed E-state index contributed by atoms with van der Waals surface area (Å²) in [6.07, 6.45) is 4.27. The van der Waals surface area contributed by atoms with Crippen molar-refractivity contribution in [2.24, 2.45) is 0 Å². The maximum atomic E-state index is 13.0. The standard InChI is InChI=1S/C21H24N4O4S/c1-24(18-8-10-19(29-2)11-9-18)30(27,28)20-7-3-6-17(16-20)21(26)22-12-4-14-25-15-5-13-23-25/h3,5-11,13,15-16H,4,12,14H2,1-2H3,(H,22,26). The molecule has 0 bridgehead atoms. The molecule has 9 heteroatoms. The van der Waals surface area contributed by atoms with Gasteiger partial charge in [-0.15, -0.1) is 0 Å². The molecular formula is C21H24N4O4S. The Morgan fingerprint density at radius 2 is 1.93 bits per heavy atom. The lowest BCUT2D eigenvalue weighted by molar-refractivity contribution is 0.0952. The van der Waals surface area contributed by atoms with Crippen molar-refractivity contribution < 1.29 is 17.9 Å². The van der Waals surface area contributed by atoms with E-state index in [2.05, 4.69) is 10.4 Å². The Morgan fingerprint density at radius 3 is 2.60 bits per heavy atom. The molecule has 3 aromatic rings. The molecule has 8 nitrogen and oxygen atoms in total. The van der Waals surface area contributed by atoms with Gasteiger partial charge >= 0.3 is 0 Å². The number of carbonyl (C=O) groups is 1. The summed E-state index contributed by atoms with van der Waals surface area (Å²) in [5.41, 5.74) is 0.780. The third-order valence-corrected chi connectivity index (χ3v) is 6.38. The first-order valence-corrected chi connectivity index (χ1v) is 10.8. The number of benzene rings is 2. The molecule has 1 amide bonds. The van der Waals surface area contributed by atoms with Gasteiger partial charge in [-0.2, -0.15) is 5.10 Å². The fourth-order valence-electron chi connectivity index (χ4n) is 2.86. The van der Waals surface area contributed by atoms with Crippen LogP contribution in [-0.4, -0.2) is 44.8 Å². The van der Waals surface area contributed by atoms with E-state index in [1.165, 1.54) is 23.5 Å². The van der Waals surface area contributed by atoms with E-state index in [1.807, 2.05) is 12.3 Å². The molecule has 1 heterocycles. The van der Waals surface area contributed by atoms with Crippen LogP contribution in [0.4, 0.5) is 5.69 Å². The van der Waals surface area contributed by atoms with E-state index in [0.717, 1.165) is 0 Å². The molecule has 1 N–H and O–H groups in total. The van der Waals surface area contributed by atoms with Crippen LogP contribution >= 0.6 is 0 Å². The molecule has 0 spiro atoms. The third-order valence-electron chi connectivity index (χ3n) is 4.60. The minimum atomic E-state index is -3.82. The van der Waals surface area contributed by atoms with Crippen molar-refractivity contribution in [2.45, 2.75) is 17.9 Å². The molecule has 0 atom stereocenters. The lowest BCUT2D eigenvalue weighted by Gasteiger charge is -2.20. The van der Waals surface area contributed by atoms with Gasteiger partial charge in [0.1, 0.15) is 5.75 Å². The Labute approximate surface area is 176 Å². The van der Waals surface area contributed by atoms with E-state index >= 15 is 0 Å². The van der Waals surface area contributed by atoms with Gasteiger partial charge < -0.3 is 10.1 Å². The summed E-state index contributed by atoms with van der Waals surface area (Å²) in [7, 11) is -0.805. The third kappa shape index (κ3) is 4.98. The minimum absolute atomic E-state index is 0.0463. The fourth-order valence-corrected chi connectivity index (χ4v) is 4.11. The molecule has 0 saturated carbocycles. The Kier molecular flexibility index (Phi) is 6.73. The van der Waals surface area contributed by atoms with Crippen molar-refractivity contribution in [3.63, 3.8) is 0 Å². The number of hydrogen-bond donors (Lipinski definition) is 1. The zero-order valence-electron chi connectivity index (χ0n) is 16.9. The summed E-state index contributed by atoms with van der Waals surface area (Å²) in [6, 6.07) is 14.6. The molecule has 0 aliphatic carbocycles. The molecule has 0 fully saturated rings. The van der Waals surface area contributed by atoms with Crippen LogP contribution in [0.25, 0.3) is 0 Å². The number of methoxy groups -OCH3 is 1.